The number of anilines is 1. The minimum atomic E-state index is -0.261. The first-order chi connectivity index (χ1) is 13.0. The Balaban J connectivity index is 1.71. The molecule has 0 saturated heterocycles. The molecule has 0 radical (unpaired) electrons. The van der Waals surface area contributed by atoms with Crippen molar-refractivity contribution in [2.75, 3.05) is 5.32 Å². The van der Waals surface area contributed by atoms with E-state index in [1.807, 2.05) is 30.3 Å². The molecule has 0 unspecified atom stereocenters. The number of aryl methyl sites for hydroxylation is 3. The van der Waals surface area contributed by atoms with E-state index in [1.54, 1.807) is 0 Å². The molecule has 2 aromatic rings. The highest BCUT2D eigenvalue weighted by molar-refractivity contribution is 7.80. The molecule has 3 rings (SSSR count). The summed E-state index contributed by atoms with van der Waals surface area (Å²) in [6.45, 7) is 4.15. The van der Waals surface area contributed by atoms with Crippen molar-refractivity contribution in [2.45, 2.75) is 33.1 Å². The number of hydrogen-bond acceptors (Lipinski definition) is 2. The molecule has 0 heterocycles. The molecule has 4 nitrogen and oxygen atoms in total. The molecule has 0 atom stereocenters. The van der Waals surface area contributed by atoms with Gasteiger partial charge in [-0.3, -0.25) is 15.6 Å². The Morgan fingerprint density at radius 2 is 1.74 bits per heavy atom. The van der Waals surface area contributed by atoms with Crippen molar-refractivity contribution in [3.63, 3.8) is 0 Å². The van der Waals surface area contributed by atoms with Crippen LogP contribution in [0.5, 0.6) is 0 Å². The van der Waals surface area contributed by atoms with Crippen LogP contribution in [0.1, 0.15) is 35.1 Å². The number of thiocarbonyl (C=S) groups is 1. The zero-order valence-corrected chi connectivity index (χ0v) is 16.9. The Morgan fingerprint density at radius 3 is 2.48 bits per heavy atom. The minimum absolute atomic E-state index is 0.261. The summed E-state index contributed by atoms with van der Waals surface area (Å²) in [7, 11) is 0. The number of carbonyl (C=O) groups is 1. The number of para-hydroxylation sites is 1. The van der Waals surface area contributed by atoms with E-state index >= 15 is 0 Å². The standard InChI is InChI=1S/C21H22ClN3OS/c1-13-11-15-7-6-10-17(19(22)18(15)12-14(13)2)20(26)24-25-21(27)23-16-8-4-3-5-9-16/h3-5,8-9,11-12H,6-7,10H2,1-2H3,(H,24,26)(H2,23,25,27). The average Bonchev–Trinajstić information content (AvgIpc) is 2.80. The smallest absolute Gasteiger partial charge is 0.267 e. The predicted octanol–water partition coefficient (Wildman–Crippen LogP) is 4.61. The van der Waals surface area contributed by atoms with Crippen molar-refractivity contribution in [2.24, 2.45) is 0 Å². The van der Waals surface area contributed by atoms with Gasteiger partial charge < -0.3 is 5.32 Å². The summed E-state index contributed by atoms with van der Waals surface area (Å²) in [6, 6.07) is 13.8. The lowest BCUT2D eigenvalue weighted by Gasteiger charge is -2.14. The van der Waals surface area contributed by atoms with Gasteiger partial charge in [0.15, 0.2) is 5.11 Å². The zero-order chi connectivity index (χ0) is 19.4. The SMILES string of the molecule is Cc1cc2c(cc1C)C(Cl)=C(C(=O)NNC(=S)Nc1ccccc1)CCC2. The molecule has 0 fully saturated rings. The van der Waals surface area contributed by atoms with Crippen LogP contribution in [0.15, 0.2) is 48.0 Å². The molecule has 3 N–H and O–H groups in total. The number of hydrazine groups is 1. The maximum Gasteiger partial charge on any atom is 0.267 e. The van der Waals surface area contributed by atoms with Crippen LogP contribution in [0.25, 0.3) is 5.03 Å². The summed E-state index contributed by atoms with van der Waals surface area (Å²) in [5.41, 5.74) is 11.4. The molecule has 6 heteroatoms. The average molecular weight is 400 g/mol. The topological polar surface area (TPSA) is 53.2 Å². The van der Waals surface area contributed by atoms with Gasteiger partial charge in [-0.2, -0.15) is 0 Å². The van der Waals surface area contributed by atoms with Crippen LogP contribution in [0.2, 0.25) is 0 Å². The van der Waals surface area contributed by atoms with E-state index in [-0.39, 0.29) is 5.91 Å². The van der Waals surface area contributed by atoms with Crippen molar-refractivity contribution < 1.29 is 4.79 Å². The van der Waals surface area contributed by atoms with Gasteiger partial charge in [-0.15, -0.1) is 0 Å². The Morgan fingerprint density at radius 1 is 1.04 bits per heavy atom. The third-order valence-corrected chi connectivity index (χ3v) is 5.33. The Bertz CT molecular complexity index is 909. The van der Waals surface area contributed by atoms with E-state index in [0.717, 1.165) is 24.1 Å². The van der Waals surface area contributed by atoms with E-state index < -0.39 is 0 Å². The van der Waals surface area contributed by atoms with Crippen LogP contribution in [0, 0.1) is 13.8 Å². The number of rotatable bonds is 2. The van der Waals surface area contributed by atoms with Gasteiger partial charge in [0.2, 0.25) is 0 Å². The summed E-state index contributed by atoms with van der Waals surface area (Å²) in [4.78, 5) is 12.7. The van der Waals surface area contributed by atoms with Crippen LogP contribution in [-0.2, 0) is 11.2 Å². The molecule has 1 amide bonds. The highest BCUT2D eigenvalue weighted by Gasteiger charge is 2.21. The van der Waals surface area contributed by atoms with Crippen LogP contribution in [-0.4, -0.2) is 11.0 Å². The molecule has 0 saturated carbocycles. The zero-order valence-electron chi connectivity index (χ0n) is 15.4. The van der Waals surface area contributed by atoms with Crippen molar-refractivity contribution >= 4 is 45.6 Å². The van der Waals surface area contributed by atoms with Crippen LogP contribution in [0.3, 0.4) is 0 Å². The third-order valence-electron chi connectivity index (χ3n) is 4.69. The van der Waals surface area contributed by atoms with Gasteiger partial charge in [0.1, 0.15) is 0 Å². The Hall–Kier alpha value is -2.37. The molecule has 1 aliphatic rings. The second-order valence-electron chi connectivity index (χ2n) is 6.64. The Labute approximate surface area is 170 Å². The summed E-state index contributed by atoms with van der Waals surface area (Å²) >= 11 is 11.8. The fourth-order valence-corrected chi connectivity index (χ4v) is 3.63. The third kappa shape index (κ3) is 4.67. The largest absolute Gasteiger partial charge is 0.331 e. The quantitative estimate of drug-likeness (QED) is 0.510. The fourth-order valence-electron chi connectivity index (χ4n) is 3.10. The lowest BCUT2D eigenvalue weighted by atomic mass is 9.98. The second-order valence-corrected chi connectivity index (χ2v) is 7.43. The molecule has 0 spiro atoms. The van der Waals surface area contributed by atoms with Crippen molar-refractivity contribution in [1.29, 1.82) is 0 Å². The van der Waals surface area contributed by atoms with E-state index in [2.05, 4.69) is 42.1 Å². The summed E-state index contributed by atoms with van der Waals surface area (Å²) in [5, 5.41) is 3.84. The summed E-state index contributed by atoms with van der Waals surface area (Å²) < 4.78 is 0. The molecule has 2 aromatic carbocycles. The van der Waals surface area contributed by atoms with E-state index in [9.17, 15) is 4.79 Å². The van der Waals surface area contributed by atoms with Gasteiger partial charge in [0.05, 0.1) is 5.03 Å². The first-order valence-electron chi connectivity index (χ1n) is 8.87. The van der Waals surface area contributed by atoms with Gasteiger partial charge in [-0.1, -0.05) is 35.9 Å². The van der Waals surface area contributed by atoms with E-state index in [0.29, 0.717) is 22.1 Å². The Kier molecular flexibility index (Phi) is 6.14. The number of amides is 1. The first-order valence-corrected chi connectivity index (χ1v) is 9.66. The maximum atomic E-state index is 12.7. The normalized spacial score (nSPS) is 13.4. The van der Waals surface area contributed by atoms with Crippen molar-refractivity contribution in [3.05, 3.63) is 70.3 Å². The number of nitrogens with one attached hydrogen (secondary N) is 3. The van der Waals surface area contributed by atoms with E-state index in [4.69, 9.17) is 23.8 Å². The van der Waals surface area contributed by atoms with Crippen LogP contribution < -0.4 is 16.2 Å². The molecule has 1 aliphatic carbocycles. The van der Waals surface area contributed by atoms with Gasteiger partial charge in [0.25, 0.3) is 5.91 Å². The maximum absolute atomic E-state index is 12.7. The molecule has 27 heavy (non-hydrogen) atoms. The predicted molar refractivity (Wildman–Crippen MR) is 116 cm³/mol. The van der Waals surface area contributed by atoms with Crippen molar-refractivity contribution in [1.82, 2.24) is 10.9 Å². The van der Waals surface area contributed by atoms with Crippen LogP contribution >= 0.6 is 23.8 Å². The van der Waals surface area contributed by atoms with Crippen LogP contribution in [0.4, 0.5) is 5.69 Å². The highest BCUT2D eigenvalue weighted by atomic mass is 35.5. The molecule has 0 aromatic heterocycles. The number of carbonyl (C=O) groups excluding carboxylic acids is 1. The van der Waals surface area contributed by atoms with E-state index in [1.165, 1.54) is 16.7 Å². The first kappa shape index (κ1) is 19.4. The number of fused-ring (bicyclic) bond motifs is 1. The fraction of sp³-hybridized carbons (Fsp3) is 0.238. The number of halogens is 1. The lowest BCUT2D eigenvalue weighted by molar-refractivity contribution is -0.118. The summed E-state index contributed by atoms with van der Waals surface area (Å²) in [6.07, 6.45) is 2.41. The second kappa shape index (κ2) is 8.55. The molecule has 0 aliphatic heterocycles. The van der Waals surface area contributed by atoms with Gasteiger partial charge in [-0.25, -0.2) is 0 Å². The van der Waals surface area contributed by atoms with Crippen molar-refractivity contribution in [3.8, 4) is 0 Å². The highest BCUT2D eigenvalue weighted by Crippen LogP contribution is 2.34. The molecule has 140 valence electrons. The molecule has 0 bridgehead atoms. The minimum Gasteiger partial charge on any atom is -0.331 e. The van der Waals surface area contributed by atoms with Gasteiger partial charge in [0, 0.05) is 11.3 Å². The van der Waals surface area contributed by atoms with Gasteiger partial charge in [-0.05, 0) is 85.8 Å². The summed E-state index contributed by atoms with van der Waals surface area (Å²) in [5.74, 6) is -0.261. The number of hydrogen-bond donors (Lipinski definition) is 3. The molecular formula is C21H22ClN3OS. The molecular weight excluding hydrogens is 378 g/mol. The number of benzene rings is 2. The van der Waals surface area contributed by atoms with Gasteiger partial charge >= 0.3 is 0 Å². The lowest BCUT2D eigenvalue weighted by Crippen LogP contribution is -2.44. The monoisotopic (exact) mass is 399 g/mol.